The van der Waals surface area contributed by atoms with Crippen molar-refractivity contribution >= 4 is 16.8 Å². The minimum atomic E-state index is 0.145. The minimum absolute atomic E-state index is 0.145. The molecule has 2 aromatic rings. The third-order valence-corrected chi connectivity index (χ3v) is 3.36. The fraction of sp³-hybridized carbons (Fsp3) is 0.438. The van der Waals surface area contributed by atoms with Crippen LogP contribution in [0, 0.1) is 0 Å². The Kier molecular flexibility index (Phi) is 4.61. The summed E-state index contributed by atoms with van der Waals surface area (Å²) in [6.45, 7) is 5.95. The van der Waals surface area contributed by atoms with Gasteiger partial charge < -0.3 is 9.88 Å². The first-order valence-corrected chi connectivity index (χ1v) is 7.12. The van der Waals surface area contributed by atoms with Gasteiger partial charge in [0.15, 0.2) is 0 Å². The van der Waals surface area contributed by atoms with E-state index in [1.165, 1.54) is 0 Å². The van der Waals surface area contributed by atoms with Crippen molar-refractivity contribution in [3.63, 3.8) is 0 Å². The molecule has 2 rings (SSSR count). The number of hydrogen-bond acceptors (Lipinski definition) is 1. The Morgan fingerprint density at radius 3 is 2.74 bits per heavy atom. The van der Waals surface area contributed by atoms with E-state index in [1.54, 1.807) is 0 Å². The third-order valence-electron chi connectivity index (χ3n) is 3.36. The van der Waals surface area contributed by atoms with Gasteiger partial charge in [-0.15, -0.1) is 0 Å². The summed E-state index contributed by atoms with van der Waals surface area (Å²) in [4.78, 5) is 17.6. The second kappa shape index (κ2) is 6.41. The highest BCUT2D eigenvalue weighted by Gasteiger charge is 2.14. The molecule has 0 fully saturated rings. The molecule has 1 aromatic carbocycles. The van der Waals surface area contributed by atoms with Gasteiger partial charge in [0.2, 0.25) is 0 Å². The number of rotatable bonds is 6. The summed E-state index contributed by atoms with van der Waals surface area (Å²) in [5.41, 5.74) is 1.80. The molecule has 0 bridgehead atoms. The largest absolute Gasteiger partial charge is 0.361 e. The number of fused-ring (bicyclic) bond motifs is 1. The maximum Gasteiger partial charge on any atom is 0.253 e. The Bertz CT molecular complexity index is 544. The quantitative estimate of drug-likeness (QED) is 0.840. The summed E-state index contributed by atoms with van der Waals surface area (Å²) in [6.07, 6.45) is 5.08. The molecule has 3 heteroatoms. The smallest absolute Gasteiger partial charge is 0.253 e. The summed E-state index contributed by atoms with van der Waals surface area (Å²) in [5, 5.41) is 1.15. The monoisotopic (exact) mass is 258 g/mol. The number of carbonyl (C=O) groups is 1. The number of hydrogen-bond donors (Lipinski definition) is 1. The van der Waals surface area contributed by atoms with E-state index in [0.717, 1.165) is 48.8 Å². The van der Waals surface area contributed by atoms with Crippen LogP contribution in [0.2, 0.25) is 0 Å². The van der Waals surface area contributed by atoms with Gasteiger partial charge in [0.25, 0.3) is 5.91 Å². The average molecular weight is 258 g/mol. The second-order valence-electron chi connectivity index (χ2n) is 4.93. The lowest BCUT2D eigenvalue weighted by atomic mass is 10.1. The maximum absolute atomic E-state index is 12.5. The number of aromatic amines is 1. The molecule has 19 heavy (non-hydrogen) atoms. The standard InChI is InChI=1S/C16H22N2O/c1-3-5-11-18(10-4-2)16(19)14-7-6-13-8-9-17-15(13)12-14/h6-9,12,17H,3-5,10-11H2,1-2H3. The van der Waals surface area contributed by atoms with Crippen molar-refractivity contribution in [3.8, 4) is 0 Å². The molecule has 0 unspecified atom stereocenters. The van der Waals surface area contributed by atoms with Crippen LogP contribution in [0.4, 0.5) is 0 Å². The molecule has 0 atom stereocenters. The Balaban J connectivity index is 2.19. The number of H-pyrrole nitrogens is 1. The molecule has 1 heterocycles. The fourth-order valence-electron chi connectivity index (χ4n) is 2.30. The van der Waals surface area contributed by atoms with Gasteiger partial charge in [-0.2, -0.15) is 0 Å². The van der Waals surface area contributed by atoms with E-state index in [-0.39, 0.29) is 5.91 Å². The fourth-order valence-corrected chi connectivity index (χ4v) is 2.30. The lowest BCUT2D eigenvalue weighted by Crippen LogP contribution is -2.32. The molecule has 0 spiro atoms. The number of aromatic nitrogens is 1. The van der Waals surface area contributed by atoms with Gasteiger partial charge in [0.05, 0.1) is 0 Å². The first kappa shape index (κ1) is 13.7. The third kappa shape index (κ3) is 3.16. The molecule has 0 radical (unpaired) electrons. The predicted molar refractivity (Wildman–Crippen MR) is 79.4 cm³/mol. The van der Waals surface area contributed by atoms with Crippen LogP contribution in [0.5, 0.6) is 0 Å². The van der Waals surface area contributed by atoms with E-state index in [1.807, 2.05) is 35.4 Å². The van der Waals surface area contributed by atoms with Crippen molar-refractivity contribution in [2.24, 2.45) is 0 Å². The van der Waals surface area contributed by atoms with E-state index >= 15 is 0 Å². The highest BCUT2D eigenvalue weighted by Crippen LogP contribution is 2.16. The number of nitrogens with one attached hydrogen (secondary N) is 1. The van der Waals surface area contributed by atoms with Crippen LogP contribution >= 0.6 is 0 Å². The molecule has 1 N–H and O–H groups in total. The summed E-state index contributed by atoms with van der Waals surface area (Å²) < 4.78 is 0. The van der Waals surface area contributed by atoms with Crippen LogP contribution in [0.1, 0.15) is 43.5 Å². The molecular weight excluding hydrogens is 236 g/mol. The van der Waals surface area contributed by atoms with Crippen LogP contribution in [-0.2, 0) is 0 Å². The van der Waals surface area contributed by atoms with E-state index in [9.17, 15) is 4.79 Å². The number of carbonyl (C=O) groups excluding carboxylic acids is 1. The van der Waals surface area contributed by atoms with Crippen molar-refractivity contribution in [3.05, 3.63) is 36.0 Å². The molecule has 0 aliphatic carbocycles. The van der Waals surface area contributed by atoms with Crippen molar-refractivity contribution in [2.75, 3.05) is 13.1 Å². The lowest BCUT2D eigenvalue weighted by Gasteiger charge is -2.22. The van der Waals surface area contributed by atoms with Gasteiger partial charge in [-0.05, 0) is 36.4 Å². The summed E-state index contributed by atoms with van der Waals surface area (Å²) in [5.74, 6) is 0.145. The van der Waals surface area contributed by atoms with Crippen LogP contribution in [-0.4, -0.2) is 28.9 Å². The SMILES string of the molecule is CCCCN(CCC)C(=O)c1ccc2cc[nH]c2c1. The van der Waals surface area contributed by atoms with Crippen LogP contribution in [0.3, 0.4) is 0 Å². The van der Waals surface area contributed by atoms with Crippen molar-refractivity contribution < 1.29 is 4.79 Å². The minimum Gasteiger partial charge on any atom is -0.361 e. The average Bonchev–Trinajstić information content (AvgIpc) is 2.90. The molecular formula is C16H22N2O. The molecule has 0 saturated carbocycles. The van der Waals surface area contributed by atoms with Gasteiger partial charge in [0, 0.05) is 30.4 Å². The molecule has 0 aliphatic heterocycles. The highest BCUT2D eigenvalue weighted by molar-refractivity contribution is 5.97. The number of unbranched alkanes of at least 4 members (excludes halogenated alkanes) is 1. The molecule has 0 aliphatic rings. The zero-order chi connectivity index (χ0) is 13.7. The van der Waals surface area contributed by atoms with Crippen LogP contribution in [0.25, 0.3) is 10.9 Å². The normalized spacial score (nSPS) is 10.8. The Morgan fingerprint density at radius 1 is 1.16 bits per heavy atom. The predicted octanol–water partition coefficient (Wildman–Crippen LogP) is 3.82. The Labute approximate surface area is 114 Å². The van der Waals surface area contributed by atoms with Crippen molar-refractivity contribution in [1.29, 1.82) is 0 Å². The van der Waals surface area contributed by atoms with E-state index in [2.05, 4.69) is 18.8 Å². The van der Waals surface area contributed by atoms with Crippen LogP contribution in [0.15, 0.2) is 30.5 Å². The number of benzene rings is 1. The summed E-state index contributed by atoms with van der Waals surface area (Å²) in [7, 11) is 0. The zero-order valence-corrected chi connectivity index (χ0v) is 11.8. The van der Waals surface area contributed by atoms with Gasteiger partial charge in [-0.25, -0.2) is 0 Å². The zero-order valence-electron chi connectivity index (χ0n) is 11.8. The van der Waals surface area contributed by atoms with E-state index < -0.39 is 0 Å². The van der Waals surface area contributed by atoms with Gasteiger partial charge in [-0.3, -0.25) is 4.79 Å². The number of nitrogens with zero attached hydrogens (tertiary/aromatic N) is 1. The summed E-state index contributed by atoms with van der Waals surface area (Å²) in [6, 6.07) is 7.90. The first-order chi connectivity index (χ1) is 9.26. The molecule has 1 aromatic heterocycles. The first-order valence-electron chi connectivity index (χ1n) is 7.12. The lowest BCUT2D eigenvalue weighted by molar-refractivity contribution is 0.0753. The molecule has 3 nitrogen and oxygen atoms in total. The van der Waals surface area contributed by atoms with Gasteiger partial charge in [0.1, 0.15) is 0 Å². The number of amides is 1. The van der Waals surface area contributed by atoms with Gasteiger partial charge in [-0.1, -0.05) is 26.3 Å². The molecule has 1 amide bonds. The maximum atomic E-state index is 12.5. The Hall–Kier alpha value is -1.77. The van der Waals surface area contributed by atoms with Gasteiger partial charge >= 0.3 is 0 Å². The van der Waals surface area contributed by atoms with E-state index in [0.29, 0.717) is 0 Å². The van der Waals surface area contributed by atoms with Crippen molar-refractivity contribution in [1.82, 2.24) is 9.88 Å². The molecule has 0 saturated heterocycles. The second-order valence-corrected chi connectivity index (χ2v) is 4.93. The Morgan fingerprint density at radius 2 is 2.00 bits per heavy atom. The van der Waals surface area contributed by atoms with Crippen molar-refractivity contribution in [2.45, 2.75) is 33.1 Å². The summed E-state index contributed by atoms with van der Waals surface area (Å²) >= 11 is 0. The highest BCUT2D eigenvalue weighted by atomic mass is 16.2. The topological polar surface area (TPSA) is 36.1 Å². The van der Waals surface area contributed by atoms with Crippen LogP contribution < -0.4 is 0 Å². The molecule has 102 valence electrons. The van der Waals surface area contributed by atoms with E-state index in [4.69, 9.17) is 0 Å².